The van der Waals surface area contributed by atoms with Crippen LogP contribution in [0.25, 0.3) is 0 Å². The van der Waals surface area contributed by atoms with Gasteiger partial charge in [0.25, 0.3) is 11.6 Å². The SMILES string of the molecule is COc1ccc(CNC(=O)c2cc([N+](=O)[O-])ccc2NC2CCC(O)CC2)cc1OCc1ccccc1. The Hall–Kier alpha value is -4.11. The zero-order valence-corrected chi connectivity index (χ0v) is 20.7. The highest BCUT2D eigenvalue weighted by Gasteiger charge is 2.23. The molecule has 3 N–H and O–H groups in total. The lowest BCUT2D eigenvalue weighted by molar-refractivity contribution is -0.384. The van der Waals surface area contributed by atoms with Gasteiger partial charge in [0.2, 0.25) is 0 Å². The van der Waals surface area contributed by atoms with E-state index in [2.05, 4.69) is 10.6 Å². The van der Waals surface area contributed by atoms with E-state index in [9.17, 15) is 20.0 Å². The van der Waals surface area contributed by atoms with Crippen LogP contribution in [0.3, 0.4) is 0 Å². The van der Waals surface area contributed by atoms with Crippen LogP contribution in [0.4, 0.5) is 11.4 Å². The zero-order valence-electron chi connectivity index (χ0n) is 20.7. The van der Waals surface area contributed by atoms with Crippen LogP contribution in [0.5, 0.6) is 11.5 Å². The Morgan fingerprint density at radius 1 is 1.00 bits per heavy atom. The topological polar surface area (TPSA) is 123 Å². The molecule has 0 saturated heterocycles. The molecule has 1 fully saturated rings. The maximum atomic E-state index is 13.2. The van der Waals surface area contributed by atoms with Crippen LogP contribution in [0, 0.1) is 10.1 Å². The third kappa shape index (κ3) is 6.98. The highest BCUT2D eigenvalue weighted by molar-refractivity contribution is 6.00. The van der Waals surface area contributed by atoms with Crippen LogP contribution in [-0.2, 0) is 13.2 Å². The number of methoxy groups -OCH3 is 1. The fourth-order valence-electron chi connectivity index (χ4n) is 4.36. The van der Waals surface area contributed by atoms with Gasteiger partial charge in [-0.3, -0.25) is 14.9 Å². The molecular formula is C28H31N3O6. The third-order valence-corrected chi connectivity index (χ3v) is 6.43. The molecule has 0 unspecified atom stereocenters. The van der Waals surface area contributed by atoms with Crippen molar-refractivity contribution >= 4 is 17.3 Å². The summed E-state index contributed by atoms with van der Waals surface area (Å²) in [5.74, 6) is 0.702. The average molecular weight is 506 g/mol. The summed E-state index contributed by atoms with van der Waals surface area (Å²) >= 11 is 0. The van der Waals surface area contributed by atoms with Crippen LogP contribution in [0.2, 0.25) is 0 Å². The Bertz CT molecular complexity index is 1230. The summed E-state index contributed by atoms with van der Waals surface area (Å²) < 4.78 is 11.4. The monoisotopic (exact) mass is 505 g/mol. The van der Waals surface area contributed by atoms with Crippen molar-refractivity contribution < 1.29 is 24.3 Å². The molecule has 194 valence electrons. The summed E-state index contributed by atoms with van der Waals surface area (Å²) in [7, 11) is 1.57. The van der Waals surface area contributed by atoms with Crippen molar-refractivity contribution in [2.45, 2.75) is 51.0 Å². The van der Waals surface area contributed by atoms with Crippen LogP contribution >= 0.6 is 0 Å². The number of anilines is 1. The van der Waals surface area contributed by atoms with Gasteiger partial charge in [-0.15, -0.1) is 0 Å². The molecule has 0 aromatic heterocycles. The number of non-ortho nitro benzene ring substituents is 1. The fourth-order valence-corrected chi connectivity index (χ4v) is 4.36. The summed E-state index contributed by atoms with van der Waals surface area (Å²) in [5.41, 5.74) is 2.39. The number of carbonyl (C=O) groups excluding carboxylic acids is 1. The smallest absolute Gasteiger partial charge is 0.270 e. The van der Waals surface area contributed by atoms with E-state index in [4.69, 9.17) is 9.47 Å². The van der Waals surface area contributed by atoms with Crippen LogP contribution in [-0.4, -0.2) is 35.2 Å². The Kier molecular flexibility index (Phi) is 8.58. The molecule has 9 heteroatoms. The minimum absolute atomic E-state index is 0.0855. The number of nitro benzene ring substituents is 1. The van der Waals surface area contributed by atoms with E-state index in [1.165, 1.54) is 12.1 Å². The first-order chi connectivity index (χ1) is 17.9. The van der Waals surface area contributed by atoms with Crippen molar-refractivity contribution in [3.63, 3.8) is 0 Å². The number of carbonyl (C=O) groups is 1. The number of nitrogens with one attached hydrogen (secondary N) is 2. The van der Waals surface area contributed by atoms with E-state index in [-0.39, 0.29) is 29.9 Å². The molecule has 0 bridgehead atoms. The van der Waals surface area contributed by atoms with Crippen molar-refractivity contribution in [2.75, 3.05) is 12.4 Å². The first-order valence-corrected chi connectivity index (χ1v) is 12.3. The average Bonchev–Trinajstić information content (AvgIpc) is 2.92. The molecule has 0 spiro atoms. The summed E-state index contributed by atoms with van der Waals surface area (Å²) in [6.07, 6.45) is 2.58. The van der Waals surface area contributed by atoms with E-state index >= 15 is 0 Å². The number of nitro groups is 1. The highest BCUT2D eigenvalue weighted by atomic mass is 16.6. The van der Waals surface area contributed by atoms with Crippen LogP contribution in [0.15, 0.2) is 66.7 Å². The first kappa shape index (κ1) is 26.0. The molecule has 9 nitrogen and oxygen atoms in total. The van der Waals surface area contributed by atoms with Crippen LogP contribution < -0.4 is 20.1 Å². The molecule has 1 saturated carbocycles. The lowest BCUT2D eigenvalue weighted by Crippen LogP contribution is -2.30. The molecule has 0 aliphatic heterocycles. The number of benzene rings is 3. The van der Waals surface area contributed by atoms with Gasteiger partial charge in [-0.1, -0.05) is 36.4 Å². The van der Waals surface area contributed by atoms with Gasteiger partial charge in [0, 0.05) is 30.4 Å². The predicted octanol–water partition coefficient (Wildman–Crippen LogP) is 4.83. The van der Waals surface area contributed by atoms with E-state index in [0.29, 0.717) is 36.6 Å². The van der Waals surface area contributed by atoms with Crippen molar-refractivity contribution in [2.24, 2.45) is 0 Å². The van der Waals surface area contributed by atoms with Crippen molar-refractivity contribution in [1.82, 2.24) is 5.32 Å². The van der Waals surface area contributed by atoms with Crippen molar-refractivity contribution in [3.8, 4) is 11.5 Å². The molecule has 3 aromatic carbocycles. The molecule has 1 aliphatic carbocycles. The van der Waals surface area contributed by atoms with E-state index in [0.717, 1.165) is 24.0 Å². The molecule has 0 atom stereocenters. The molecular weight excluding hydrogens is 474 g/mol. The minimum Gasteiger partial charge on any atom is -0.493 e. The number of hydrogen-bond acceptors (Lipinski definition) is 7. The molecule has 0 heterocycles. The van der Waals surface area contributed by atoms with Crippen LogP contribution in [0.1, 0.15) is 47.2 Å². The number of hydrogen-bond donors (Lipinski definition) is 3. The largest absolute Gasteiger partial charge is 0.493 e. The second kappa shape index (κ2) is 12.2. The maximum absolute atomic E-state index is 13.2. The fraction of sp³-hybridized carbons (Fsp3) is 0.321. The number of aliphatic hydroxyl groups excluding tert-OH is 1. The van der Waals surface area contributed by atoms with E-state index in [1.54, 1.807) is 19.2 Å². The third-order valence-electron chi connectivity index (χ3n) is 6.43. The second-order valence-electron chi connectivity index (χ2n) is 9.08. The Morgan fingerprint density at radius 2 is 1.76 bits per heavy atom. The summed E-state index contributed by atoms with van der Waals surface area (Å²) in [5, 5.41) is 27.3. The van der Waals surface area contributed by atoms with Crippen molar-refractivity contribution in [3.05, 3.63) is 93.5 Å². The molecule has 37 heavy (non-hydrogen) atoms. The zero-order chi connectivity index (χ0) is 26.2. The molecule has 0 radical (unpaired) electrons. The lowest BCUT2D eigenvalue weighted by atomic mass is 9.92. The van der Waals surface area contributed by atoms with Gasteiger partial charge in [-0.05, 0) is 55.0 Å². The molecule has 3 aromatic rings. The normalized spacial score (nSPS) is 17.0. The van der Waals surface area contributed by atoms with Gasteiger partial charge in [0.05, 0.1) is 23.7 Å². The number of rotatable bonds is 10. The molecule has 4 rings (SSSR count). The van der Waals surface area contributed by atoms with Gasteiger partial charge in [-0.2, -0.15) is 0 Å². The number of aliphatic hydroxyl groups is 1. The summed E-state index contributed by atoms with van der Waals surface area (Å²) in [6, 6.07) is 19.5. The second-order valence-corrected chi connectivity index (χ2v) is 9.08. The van der Waals surface area contributed by atoms with E-state index in [1.807, 2.05) is 42.5 Å². The standard InChI is InChI=1S/C28H31N3O6/c1-36-26-14-7-20(15-27(26)37-18-19-5-3-2-4-6-19)17-29-28(33)24-16-22(31(34)35)10-13-25(24)30-21-8-11-23(32)12-9-21/h2-7,10,13-16,21,23,30,32H,8-9,11-12,17-18H2,1H3,(H,29,33). The number of ether oxygens (including phenoxy) is 2. The Balaban J connectivity index is 1.46. The number of amides is 1. The van der Waals surface area contributed by atoms with Gasteiger partial charge < -0.3 is 25.2 Å². The first-order valence-electron chi connectivity index (χ1n) is 12.3. The molecule has 1 aliphatic rings. The molecule has 1 amide bonds. The highest BCUT2D eigenvalue weighted by Crippen LogP contribution is 2.30. The maximum Gasteiger partial charge on any atom is 0.270 e. The van der Waals surface area contributed by atoms with Gasteiger partial charge >= 0.3 is 0 Å². The Morgan fingerprint density at radius 3 is 2.46 bits per heavy atom. The minimum atomic E-state index is -0.517. The van der Waals surface area contributed by atoms with Gasteiger partial charge in [-0.25, -0.2) is 0 Å². The summed E-state index contributed by atoms with van der Waals surface area (Å²) in [4.78, 5) is 24.0. The van der Waals surface area contributed by atoms with Crippen molar-refractivity contribution in [1.29, 1.82) is 0 Å². The number of nitrogens with zero attached hydrogens (tertiary/aromatic N) is 1. The lowest BCUT2D eigenvalue weighted by Gasteiger charge is -2.27. The predicted molar refractivity (Wildman–Crippen MR) is 140 cm³/mol. The Labute approximate surface area is 215 Å². The quantitative estimate of drug-likeness (QED) is 0.266. The van der Waals surface area contributed by atoms with Gasteiger partial charge in [0.15, 0.2) is 11.5 Å². The van der Waals surface area contributed by atoms with Gasteiger partial charge in [0.1, 0.15) is 6.61 Å². The summed E-state index contributed by atoms with van der Waals surface area (Å²) in [6.45, 7) is 0.566. The van der Waals surface area contributed by atoms with E-state index < -0.39 is 10.8 Å².